The first-order valence-corrected chi connectivity index (χ1v) is 5.99. The molecule has 0 radical (unpaired) electrons. The molecule has 2 saturated carbocycles. The van der Waals surface area contributed by atoms with Crippen LogP contribution in [0.15, 0.2) is 9.32 Å². The van der Waals surface area contributed by atoms with Gasteiger partial charge in [-0.25, -0.2) is 4.79 Å². The lowest BCUT2D eigenvalue weighted by Gasteiger charge is -2.26. The molecule has 0 amide bonds. The fourth-order valence-electron chi connectivity index (χ4n) is 3.57. The SMILES string of the molecule is NCC1(c2noc(=O)[nH]2)CC12CCCCC2. The van der Waals surface area contributed by atoms with Crippen LogP contribution in [0.5, 0.6) is 0 Å². The first-order valence-electron chi connectivity index (χ1n) is 5.99. The van der Waals surface area contributed by atoms with Gasteiger partial charge in [0.25, 0.3) is 0 Å². The maximum absolute atomic E-state index is 11.0. The van der Waals surface area contributed by atoms with Gasteiger partial charge in [-0.15, -0.1) is 0 Å². The predicted molar refractivity (Wildman–Crippen MR) is 58.0 cm³/mol. The van der Waals surface area contributed by atoms with E-state index in [1.54, 1.807) is 0 Å². The normalized spacial score (nSPS) is 31.8. The summed E-state index contributed by atoms with van der Waals surface area (Å²) in [5, 5.41) is 3.85. The third kappa shape index (κ3) is 1.15. The first kappa shape index (κ1) is 10.1. The van der Waals surface area contributed by atoms with Gasteiger partial charge in [0, 0.05) is 6.54 Å². The summed E-state index contributed by atoms with van der Waals surface area (Å²) in [6, 6.07) is 0. The standard InChI is InChI=1S/C11H17N3O2/c12-7-11(8-13-9(15)16-14-8)6-10(11)4-2-1-3-5-10/h1-7,12H2,(H,13,14,15). The molecule has 1 heterocycles. The smallest absolute Gasteiger partial charge is 0.329 e. The molecule has 0 saturated heterocycles. The molecule has 0 aliphatic heterocycles. The second-order valence-corrected chi connectivity index (χ2v) is 5.25. The number of aromatic nitrogens is 2. The second kappa shape index (κ2) is 3.20. The average molecular weight is 223 g/mol. The average Bonchev–Trinajstić information content (AvgIpc) is 2.69. The number of nitrogens with one attached hydrogen (secondary N) is 1. The Kier molecular flexibility index (Phi) is 2.01. The Morgan fingerprint density at radius 2 is 2.12 bits per heavy atom. The lowest BCUT2D eigenvalue weighted by molar-refractivity contribution is 0.280. The maximum Gasteiger partial charge on any atom is 0.438 e. The van der Waals surface area contributed by atoms with Crippen molar-refractivity contribution >= 4 is 0 Å². The summed E-state index contributed by atoms with van der Waals surface area (Å²) in [5.74, 6) is 0.197. The van der Waals surface area contributed by atoms with Gasteiger partial charge in [-0.3, -0.25) is 9.51 Å². The van der Waals surface area contributed by atoms with Crippen LogP contribution in [0.1, 0.15) is 44.3 Å². The van der Waals surface area contributed by atoms with Crippen molar-refractivity contribution in [1.29, 1.82) is 0 Å². The lowest BCUT2D eigenvalue weighted by Crippen LogP contribution is -2.30. The van der Waals surface area contributed by atoms with Gasteiger partial charge in [0.05, 0.1) is 5.41 Å². The highest BCUT2D eigenvalue weighted by atomic mass is 16.5. The van der Waals surface area contributed by atoms with Crippen LogP contribution in [-0.4, -0.2) is 16.7 Å². The molecule has 2 aliphatic rings. The number of aromatic amines is 1. The Balaban J connectivity index is 1.95. The summed E-state index contributed by atoms with van der Waals surface area (Å²) in [7, 11) is 0. The summed E-state index contributed by atoms with van der Waals surface area (Å²) in [4.78, 5) is 13.7. The molecule has 2 fully saturated rings. The highest BCUT2D eigenvalue weighted by Crippen LogP contribution is 2.69. The zero-order valence-electron chi connectivity index (χ0n) is 9.29. The molecule has 5 nitrogen and oxygen atoms in total. The summed E-state index contributed by atoms with van der Waals surface area (Å²) < 4.78 is 4.61. The molecule has 1 unspecified atom stereocenters. The van der Waals surface area contributed by atoms with E-state index in [1.807, 2.05) is 0 Å². The molecule has 1 aromatic rings. The molecule has 0 aromatic carbocycles. The van der Waals surface area contributed by atoms with Crippen LogP contribution in [0, 0.1) is 5.41 Å². The molecule has 2 aliphatic carbocycles. The van der Waals surface area contributed by atoms with Crippen LogP contribution in [0.25, 0.3) is 0 Å². The molecular formula is C11H17N3O2. The minimum absolute atomic E-state index is 0.112. The Morgan fingerprint density at radius 1 is 1.38 bits per heavy atom. The fourth-order valence-corrected chi connectivity index (χ4v) is 3.57. The molecule has 1 aromatic heterocycles. The topological polar surface area (TPSA) is 84.9 Å². The van der Waals surface area contributed by atoms with E-state index in [0.717, 1.165) is 6.42 Å². The zero-order chi connectivity index (χ0) is 11.2. The van der Waals surface area contributed by atoms with Crippen LogP contribution in [0.2, 0.25) is 0 Å². The highest BCUT2D eigenvalue weighted by Gasteiger charge is 2.68. The van der Waals surface area contributed by atoms with Crippen LogP contribution in [-0.2, 0) is 5.41 Å². The first-order chi connectivity index (χ1) is 7.72. The molecule has 1 spiro atoms. The van der Waals surface area contributed by atoms with E-state index in [2.05, 4.69) is 14.7 Å². The molecule has 3 rings (SSSR count). The summed E-state index contributed by atoms with van der Waals surface area (Å²) in [6.45, 7) is 0.551. The monoisotopic (exact) mass is 223 g/mol. The Morgan fingerprint density at radius 3 is 2.69 bits per heavy atom. The van der Waals surface area contributed by atoms with Gasteiger partial charge in [-0.1, -0.05) is 24.4 Å². The van der Waals surface area contributed by atoms with Crippen molar-refractivity contribution in [2.45, 2.75) is 43.9 Å². The van der Waals surface area contributed by atoms with Gasteiger partial charge in [0.15, 0.2) is 5.82 Å². The van der Waals surface area contributed by atoms with E-state index < -0.39 is 5.76 Å². The Labute approximate surface area is 93.4 Å². The molecular weight excluding hydrogens is 206 g/mol. The van der Waals surface area contributed by atoms with E-state index in [1.165, 1.54) is 32.1 Å². The minimum Gasteiger partial charge on any atom is -0.329 e. The van der Waals surface area contributed by atoms with E-state index in [9.17, 15) is 4.79 Å². The molecule has 3 N–H and O–H groups in total. The van der Waals surface area contributed by atoms with Gasteiger partial charge in [0.1, 0.15) is 0 Å². The number of rotatable bonds is 2. The van der Waals surface area contributed by atoms with Crippen LogP contribution in [0.3, 0.4) is 0 Å². The number of hydrogen-bond donors (Lipinski definition) is 2. The van der Waals surface area contributed by atoms with Crippen molar-refractivity contribution in [2.24, 2.45) is 11.1 Å². The number of nitrogens with two attached hydrogens (primary N) is 1. The van der Waals surface area contributed by atoms with Crippen LogP contribution >= 0.6 is 0 Å². The number of nitrogens with zero attached hydrogens (tertiary/aromatic N) is 1. The van der Waals surface area contributed by atoms with Gasteiger partial charge < -0.3 is 5.73 Å². The van der Waals surface area contributed by atoms with Crippen molar-refractivity contribution in [3.8, 4) is 0 Å². The summed E-state index contributed by atoms with van der Waals surface area (Å²) in [6.07, 6.45) is 7.32. The Hall–Kier alpha value is -1.10. The number of hydrogen-bond acceptors (Lipinski definition) is 4. The van der Waals surface area contributed by atoms with Crippen LogP contribution < -0.4 is 11.5 Å². The fraction of sp³-hybridized carbons (Fsp3) is 0.818. The van der Waals surface area contributed by atoms with Gasteiger partial charge in [0.2, 0.25) is 0 Å². The van der Waals surface area contributed by atoms with E-state index >= 15 is 0 Å². The molecule has 16 heavy (non-hydrogen) atoms. The maximum atomic E-state index is 11.0. The molecule has 88 valence electrons. The predicted octanol–water partition coefficient (Wildman–Crippen LogP) is 0.914. The quantitative estimate of drug-likeness (QED) is 0.780. The van der Waals surface area contributed by atoms with Crippen molar-refractivity contribution in [1.82, 2.24) is 10.1 Å². The van der Waals surface area contributed by atoms with Crippen molar-refractivity contribution in [3.05, 3.63) is 16.4 Å². The Bertz CT molecular complexity index is 444. The van der Waals surface area contributed by atoms with Crippen molar-refractivity contribution in [3.63, 3.8) is 0 Å². The third-order valence-corrected chi connectivity index (χ3v) is 4.58. The lowest BCUT2D eigenvalue weighted by atomic mass is 9.79. The second-order valence-electron chi connectivity index (χ2n) is 5.25. The van der Waals surface area contributed by atoms with E-state index in [0.29, 0.717) is 17.8 Å². The van der Waals surface area contributed by atoms with Gasteiger partial charge in [-0.05, 0) is 24.7 Å². The molecule has 0 bridgehead atoms. The van der Waals surface area contributed by atoms with Crippen molar-refractivity contribution < 1.29 is 4.52 Å². The molecule has 5 heteroatoms. The minimum atomic E-state index is -0.472. The summed E-state index contributed by atoms with van der Waals surface area (Å²) in [5.41, 5.74) is 6.09. The van der Waals surface area contributed by atoms with Gasteiger partial charge in [-0.2, -0.15) is 0 Å². The zero-order valence-corrected chi connectivity index (χ0v) is 9.29. The number of H-pyrrole nitrogens is 1. The highest BCUT2D eigenvalue weighted by molar-refractivity contribution is 5.30. The van der Waals surface area contributed by atoms with Gasteiger partial charge >= 0.3 is 5.76 Å². The van der Waals surface area contributed by atoms with Crippen molar-refractivity contribution in [2.75, 3.05) is 6.54 Å². The summed E-state index contributed by atoms with van der Waals surface area (Å²) >= 11 is 0. The third-order valence-electron chi connectivity index (χ3n) is 4.58. The van der Waals surface area contributed by atoms with E-state index in [4.69, 9.17) is 5.73 Å². The van der Waals surface area contributed by atoms with E-state index in [-0.39, 0.29) is 5.41 Å². The molecule has 1 atom stereocenters. The largest absolute Gasteiger partial charge is 0.438 e. The van der Waals surface area contributed by atoms with Crippen LogP contribution in [0.4, 0.5) is 0 Å².